The van der Waals surface area contributed by atoms with Crippen LogP contribution < -0.4 is 10.5 Å². The Morgan fingerprint density at radius 1 is 0.973 bits per heavy atom. The molecule has 0 saturated heterocycles. The molecule has 1 amide bonds. The molecule has 3 aromatic carbocycles. The molecule has 6 heteroatoms. The molecule has 2 aromatic heterocycles. The summed E-state index contributed by atoms with van der Waals surface area (Å²) in [6.07, 6.45) is 7.56. The zero-order valence-electron chi connectivity index (χ0n) is 20.3. The van der Waals surface area contributed by atoms with Crippen molar-refractivity contribution >= 4 is 29.0 Å². The summed E-state index contributed by atoms with van der Waals surface area (Å²) < 4.78 is 7.27. The Morgan fingerprint density at radius 3 is 2.51 bits per heavy atom. The fraction of sp³-hybridized carbons (Fsp3) is 0.0645. The van der Waals surface area contributed by atoms with Crippen molar-refractivity contribution in [3.8, 4) is 17.6 Å². The van der Waals surface area contributed by atoms with Gasteiger partial charge in [0.15, 0.2) is 0 Å². The van der Waals surface area contributed by atoms with Gasteiger partial charge in [-0.15, -0.1) is 0 Å². The molecule has 2 heterocycles. The first-order chi connectivity index (χ1) is 18.1. The van der Waals surface area contributed by atoms with Crippen LogP contribution in [0, 0.1) is 11.8 Å². The second-order valence-electron chi connectivity index (χ2n) is 8.40. The fourth-order valence-corrected chi connectivity index (χ4v) is 4.02. The van der Waals surface area contributed by atoms with Crippen LogP contribution >= 0.6 is 0 Å². The highest BCUT2D eigenvalue weighted by Gasteiger charge is 2.11. The van der Waals surface area contributed by atoms with Gasteiger partial charge in [0.2, 0.25) is 5.91 Å². The van der Waals surface area contributed by atoms with Crippen LogP contribution in [0.4, 0.5) is 0 Å². The summed E-state index contributed by atoms with van der Waals surface area (Å²) in [5.41, 5.74) is 11.3. The van der Waals surface area contributed by atoms with Crippen LogP contribution in [0.2, 0.25) is 0 Å². The summed E-state index contributed by atoms with van der Waals surface area (Å²) in [5, 5.41) is 5.93. The van der Waals surface area contributed by atoms with E-state index >= 15 is 0 Å². The van der Waals surface area contributed by atoms with E-state index in [2.05, 4.69) is 16.8 Å². The largest absolute Gasteiger partial charge is 0.497 e. The first-order valence-corrected chi connectivity index (χ1v) is 11.7. The average molecular weight is 485 g/mol. The van der Waals surface area contributed by atoms with Crippen molar-refractivity contribution in [2.75, 3.05) is 7.11 Å². The van der Waals surface area contributed by atoms with Gasteiger partial charge < -0.3 is 10.5 Å². The standard InChI is InChI=1S/C31H24N4O2/c1-37-26-12-7-24(8-13-26)21-35-30-20-23(6-11-25-4-2-3-5-27(25)31(32)36)9-14-28(30)29(34-35)15-10-22-16-18-33-19-17-22/h2-5,7-10,12-20H,21H2,1H3,(H2,32,36). The van der Waals surface area contributed by atoms with Crippen molar-refractivity contribution < 1.29 is 9.53 Å². The number of nitrogens with zero attached hydrogens (tertiary/aromatic N) is 3. The summed E-state index contributed by atoms with van der Waals surface area (Å²) in [7, 11) is 1.65. The number of hydrogen-bond donors (Lipinski definition) is 1. The molecule has 5 aromatic rings. The number of carbonyl (C=O) groups excluding carboxylic acids is 1. The third kappa shape index (κ3) is 5.42. The first-order valence-electron chi connectivity index (χ1n) is 11.7. The van der Waals surface area contributed by atoms with E-state index in [0.29, 0.717) is 17.7 Å². The highest BCUT2D eigenvalue weighted by atomic mass is 16.5. The van der Waals surface area contributed by atoms with Crippen molar-refractivity contribution in [2.24, 2.45) is 5.73 Å². The third-order valence-electron chi connectivity index (χ3n) is 5.95. The molecule has 0 radical (unpaired) electrons. The summed E-state index contributed by atoms with van der Waals surface area (Å²) >= 11 is 0. The second kappa shape index (κ2) is 10.6. The summed E-state index contributed by atoms with van der Waals surface area (Å²) in [6, 6.07) is 25.0. The molecule has 0 saturated carbocycles. The number of aromatic nitrogens is 3. The Morgan fingerprint density at radius 2 is 1.76 bits per heavy atom. The Kier molecular flexibility index (Phi) is 6.78. The number of ether oxygens (including phenoxy) is 1. The Balaban J connectivity index is 1.55. The molecule has 0 bridgehead atoms. The van der Waals surface area contributed by atoms with Gasteiger partial charge in [-0.3, -0.25) is 14.5 Å². The number of primary amides is 1. The molecule has 0 fully saturated rings. The minimum Gasteiger partial charge on any atom is -0.497 e. The molecule has 0 aliphatic heterocycles. The van der Waals surface area contributed by atoms with Gasteiger partial charge in [-0.1, -0.05) is 42.2 Å². The topological polar surface area (TPSA) is 83.0 Å². The monoisotopic (exact) mass is 484 g/mol. The van der Waals surface area contributed by atoms with Gasteiger partial charge in [-0.25, -0.2) is 0 Å². The van der Waals surface area contributed by atoms with Crippen LogP contribution in [0.25, 0.3) is 23.1 Å². The van der Waals surface area contributed by atoms with E-state index in [1.807, 2.05) is 77.5 Å². The van der Waals surface area contributed by atoms with Gasteiger partial charge in [-0.2, -0.15) is 5.10 Å². The average Bonchev–Trinajstić information content (AvgIpc) is 3.28. The van der Waals surface area contributed by atoms with E-state index < -0.39 is 5.91 Å². The second-order valence-corrected chi connectivity index (χ2v) is 8.40. The molecular formula is C31H24N4O2. The van der Waals surface area contributed by atoms with Crippen molar-refractivity contribution in [3.05, 3.63) is 125 Å². The van der Waals surface area contributed by atoms with E-state index in [4.69, 9.17) is 15.6 Å². The molecule has 180 valence electrons. The predicted molar refractivity (Wildman–Crippen MR) is 146 cm³/mol. The van der Waals surface area contributed by atoms with Gasteiger partial charge >= 0.3 is 0 Å². The highest BCUT2D eigenvalue weighted by molar-refractivity contribution is 5.95. The Bertz CT molecular complexity index is 1660. The lowest BCUT2D eigenvalue weighted by Crippen LogP contribution is -2.12. The smallest absolute Gasteiger partial charge is 0.249 e. The van der Waals surface area contributed by atoms with Crippen molar-refractivity contribution in [1.29, 1.82) is 0 Å². The van der Waals surface area contributed by atoms with Crippen LogP contribution in [-0.4, -0.2) is 27.8 Å². The number of benzene rings is 3. The number of carbonyl (C=O) groups is 1. The van der Waals surface area contributed by atoms with Crippen molar-refractivity contribution in [1.82, 2.24) is 14.8 Å². The van der Waals surface area contributed by atoms with Gasteiger partial charge in [0, 0.05) is 28.9 Å². The number of methoxy groups -OCH3 is 1. The lowest BCUT2D eigenvalue weighted by molar-refractivity contribution is 0.1000. The number of nitrogens with two attached hydrogens (primary N) is 1. The maximum atomic E-state index is 11.8. The number of hydrogen-bond acceptors (Lipinski definition) is 4. The molecule has 0 spiro atoms. The Labute approximate surface area is 215 Å². The molecule has 5 rings (SSSR count). The fourth-order valence-electron chi connectivity index (χ4n) is 4.02. The zero-order chi connectivity index (χ0) is 25.6. The van der Waals surface area contributed by atoms with Gasteiger partial charge in [-0.05, 0) is 71.8 Å². The van der Waals surface area contributed by atoms with E-state index in [1.165, 1.54) is 0 Å². The SMILES string of the molecule is COc1ccc(Cn2nc(C=Cc3ccncc3)c3ccc(C#Cc4ccccc4C(N)=O)cc32)cc1. The summed E-state index contributed by atoms with van der Waals surface area (Å²) in [4.78, 5) is 15.8. The van der Waals surface area contributed by atoms with Crippen LogP contribution in [0.3, 0.4) is 0 Å². The molecule has 0 aliphatic carbocycles. The number of fused-ring (bicyclic) bond motifs is 1. The molecular weight excluding hydrogens is 460 g/mol. The van der Waals surface area contributed by atoms with E-state index in [1.54, 1.807) is 37.7 Å². The van der Waals surface area contributed by atoms with E-state index in [9.17, 15) is 4.79 Å². The number of pyridine rings is 1. The minimum absolute atomic E-state index is 0.407. The summed E-state index contributed by atoms with van der Waals surface area (Å²) in [5.74, 6) is 6.59. The molecule has 2 N–H and O–H groups in total. The maximum absolute atomic E-state index is 11.8. The van der Waals surface area contributed by atoms with Crippen molar-refractivity contribution in [3.63, 3.8) is 0 Å². The summed E-state index contributed by atoms with van der Waals surface area (Å²) in [6.45, 7) is 0.588. The zero-order valence-corrected chi connectivity index (χ0v) is 20.3. The normalized spacial score (nSPS) is 10.8. The van der Waals surface area contributed by atoms with E-state index in [-0.39, 0.29) is 0 Å². The number of rotatable bonds is 6. The van der Waals surface area contributed by atoms with Crippen molar-refractivity contribution in [2.45, 2.75) is 6.54 Å². The molecule has 0 unspecified atom stereocenters. The highest BCUT2D eigenvalue weighted by Crippen LogP contribution is 2.24. The van der Waals surface area contributed by atoms with Gasteiger partial charge in [0.1, 0.15) is 5.75 Å². The van der Waals surface area contributed by atoms with Gasteiger partial charge in [0.05, 0.1) is 30.4 Å². The van der Waals surface area contributed by atoms with Crippen LogP contribution in [0.5, 0.6) is 5.75 Å². The first kappa shape index (κ1) is 23.6. The number of amides is 1. The van der Waals surface area contributed by atoms with Gasteiger partial charge in [0.25, 0.3) is 0 Å². The molecule has 6 nitrogen and oxygen atoms in total. The van der Waals surface area contributed by atoms with Crippen LogP contribution in [0.1, 0.15) is 38.3 Å². The lowest BCUT2D eigenvalue weighted by atomic mass is 10.1. The quantitative estimate of drug-likeness (QED) is 0.338. The van der Waals surface area contributed by atoms with Crippen LogP contribution in [0.15, 0.2) is 91.3 Å². The Hall–Kier alpha value is -5.15. The predicted octanol–water partition coefficient (Wildman–Crippen LogP) is 5.16. The molecule has 0 atom stereocenters. The maximum Gasteiger partial charge on any atom is 0.249 e. The van der Waals surface area contributed by atoms with Crippen LogP contribution in [-0.2, 0) is 6.54 Å². The van der Waals surface area contributed by atoms with E-state index in [0.717, 1.165) is 39.0 Å². The lowest BCUT2D eigenvalue weighted by Gasteiger charge is -2.06. The third-order valence-corrected chi connectivity index (χ3v) is 5.95. The molecule has 0 aliphatic rings. The minimum atomic E-state index is -0.497. The molecule has 37 heavy (non-hydrogen) atoms.